The number of carbonyl (C=O) groups is 1. The van der Waals surface area contributed by atoms with Crippen LogP contribution >= 0.6 is 7.59 Å². The van der Waals surface area contributed by atoms with Gasteiger partial charge in [0.05, 0.1) is 6.07 Å². The molecule has 0 rings (SSSR count). The van der Waals surface area contributed by atoms with E-state index < -0.39 is 19.9 Å². The van der Waals surface area contributed by atoms with Crippen LogP contribution in [0.1, 0.15) is 6.42 Å². The highest BCUT2D eigenvalue weighted by Crippen LogP contribution is 2.16. The van der Waals surface area contributed by atoms with E-state index >= 15 is 0 Å². The first-order valence-electron chi connectivity index (χ1n) is 2.31. The van der Waals surface area contributed by atoms with Gasteiger partial charge in [0.1, 0.15) is 6.42 Å². The number of nitriles is 1. The average Bonchev–Trinajstić information content (AvgIpc) is 1.59. The van der Waals surface area contributed by atoms with Crippen molar-refractivity contribution < 1.29 is 9.36 Å². The number of nitrogens with zero attached hydrogens (tertiary/aromatic N) is 1. The lowest BCUT2D eigenvalue weighted by Crippen LogP contribution is -2.27. The third kappa shape index (κ3) is 5.25. The number of nitrogens with one attached hydrogen (secondary N) is 1. The molecule has 1 amide bonds. The highest BCUT2D eigenvalue weighted by molar-refractivity contribution is 7.57. The van der Waals surface area contributed by atoms with Gasteiger partial charge in [0, 0.05) is 0 Å². The SMILES string of the molecule is N#CCC(=O)NP(N)(N)=O. The monoisotopic (exact) mass is 162 g/mol. The Kier molecular flexibility index (Phi) is 3.03. The van der Waals surface area contributed by atoms with Crippen molar-refractivity contribution in [2.24, 2.45) is 11.0 Å². The van der Waals surface area contributed by atoms with Gasteiger partial charge in [0.15, 0.2) is 0 Å². The molecule has 0 atom stereocenters. The molecule has 0 aromatic rings. The molecular formula is C3H7N4O2P. The van der Waals surface area contributed by atoms with Gasteiger partial charge in [0.2, 0.25) is 5.91 Å². The molecule has 0 aliphatic heterocycles. The van der Waals surface area contributed by atoms with E-state index in [0.717, 1.165) is 0 Å². The number of nitrogens with two attached hydrogens (primary N) is 2. The van der Waals surface area contributed by atoms with Crippen LogP contribution in [0.4, 0.5) is 0 Å². The molecular weight excluding hydrogens is 155 g/mol. The maximum absolute atomic E-state index is 10.4. The Balaban J connectivity index is 3.84. The largest absolute Gasteiger partial charge is 0.300 e. The van der Waals surface area contributed by atoms with Crippen molar-refractivity contribution in [3.63, 3.8) is 0 Å². The zero-order valence-corrected chi connectivity index (χ0v) is 5.97. The van der Waals surface area contributed by atoms with E-state index in [9.17, 15) is 9.36 Å². The molecule has 0 saturated carbocycles. The normalized spacial score (nSPS) is 10.1. The minimum Gasteiger partial charge on any atom is -0.282 e. The van der Waals surface area contributed by atoms with Crippen LogP contribution in [-0.4, -0.2) is 5.91 Å². The summed E-state index contributed by atoms with van der Waals surface area (Å²) in [7, 11) is -3.50. The van der Waals surface area contributed by atoms with Gasteiger partial charge in [-0.05, 0) is 0 Å². The van der Waals surface area contributed by atoms with E-state index in [1.54, 1.807) is 11.2 Å². The molecule has 0 fully saturated rings. The van der Waals surface area contributed by atoms with E-state index in [0.29, 0.717) is 0 Å². The second-order valence-corrected chi connectivity index (χ2v) is 3.22. The summed E-state index contributed by atoms with van der Waals surface area (Å²) in [6, 6.07) is 1.55. The molecule has 0 unspecified atom stereocenters. The maximum Gasteiger partial charge on any atom is 0.300 e. The van der Waals surface area contributed by atoms with Gasteiger partial charge in [-0.15, -0.1) is 0 Å². The number of rotatable bonds is 2. The van der Waals surface area contributed by atoms with Crippen molar-refractivity contribution in [1.29, 1.82) is 5.26 Å². The smallest absolute Gasteiger partial charge is 0.282 e. The second-order valence-electron chi connectivity index (χ2n) is 1.58. The predicted octanol–water partition coefficient (Wildman–Crippen LogP) is -0.958. The third-order valence-electron chi connectivity index (χ3n) is 0.539. The zero-order valence-electron chi connectivity index (χ0n) is 5.07. The first-order chi connectivity index (χ1) is 4.45. The van der Waals surface area contributed by atoms with Gasteiger partial charge in [-0.2, -0.15) is 5.26 Å². The van der Waals surface area contributed by atoms with Gasteiger partial charge in [-0.1, -0.05) is 0 Å². The van der Waals surface area contributed by atoms with E-state index in [2.05, 4.69) is 0 Å². The van der Waals surface area contributed by atoms with Crippen LogP contribution in [0.25, 0.3) is 0 Å². The van der Waals surface area contributed by atoms with Crippen LogP contribution in [0.2, 0.25) is 0 Å². The Morgan fingerprint density at radius 2 is 2.20 bits per heavy atom. The van der Waals surface area contributed by atoms with E-state index in [1.807, 2.05) is 0 Å². The van der Waals surface area contributed by atoms with Gasteiger partial charge in [-0.25, -0.2) is 0 Å². The third-order valence-corrected chi connectivity index (χ3v) is 1.14. The number of hydrogen-bond donors (Lipinski definition) is 3. The van der Waals surface area contributed by atoms with Crippen LogP contribution < -0.4 is 16.1 Å². The molecule has 7 heteroatoms. The molecule has 5 N–H and O–H groups in total. The summed E-state index contributed by atoms with van der Waals surface area (Å²) in [5.41, 5.74) is 9.52. The van der Waals surface area contributed by atoms with Crippen LogP contribution in [-0.2, 0) is 9.36 Å². The topological polar surface area (TPSA) is 122 Å². The minimum absolute atomic E-state index is 0.390. The van der Waals surface area contributed by atoms with Crippen LogP contribution in [0.5, 0.6) is 0 Å². The Hall–Kier alpha value is -0.890. The van der Waals surface area contributed by atoms with Crippen molar-refractivity contribution in [2.75, 3.05) is 0 Å². The Morgan fingerprint density at radius 3 is 2.50 bits per heavy atom. The number of amides is 1. The fourth-order valence-electron chi connectivity index (χ4n) is 0.306. The minimum atomic E-state index is -3.50. The molecule has 0 saturated heterocycles. The summed E-state index contributed by atoms with van der Waals surface area (Å²) in [5, 5.41) is 9.72. The van der Waals surface area contributed by atoms with Crippen molar-refractivity contribution >= 4 is 13.5 Å². The molecule has 0 aromatic heterocycles. The first kappa shape index (κ1) is 9.11. The molecule has 0 aromatic carbocycles. The molecule has 0 bridgehead atoms. The van der Waals surface area contributed by atoms with Gasteiger partial charge in [0.25, 0.3) is 7.59 Å². The molecule has 0 aliphatic rings. The van der Waals surface area contributed by atoms with Crippen LogP contribution in [0.3, 0.4) is 0 Å². The number of hydrogen-bond acceptors (Lipinski definition) is 3. The summed E-state index contributed by atoms with van der Waals surface area (Å²) in [4.78, 5) is 10.4. The van der Waals surface area contributed by atoms with E-state index in [-0.39, 0.29) is 0 Å². The molecule has 0 radical (unpaired) electrons. The summed E-state index contributed by atoms with van der Waals surface area (Å²) >= 11 is 0. The van der Waals surface area contributed by atoms with Crippen LogP contribution in [0.15, 0.2) is 0 Å². The lowest BCUT2D eigenvalue weighted by molar-refractivity contribution is -0.118. The molecule has 0 aliphatic carbocycles. The van der Waals surface area contributed by atoms with Gasteiger partial charge >= 0.3 is 0 Å². The standard InChI is InChI=1S/C3H7N4O2P/c4-2-1-3(8)7-10(5,6)9/h1H2,(H5,5,6,7,8,9). The van der Waals surface area contributed by atoms with Crippen LogP contribution in [0, 0.1) is 11.3 Å². The molecule has 0 heterocycles. The molecule has 10 heavy (non-hydrogen) atoms. The first-order valence-corrected chi connectivity index (χ1v) is 4.15. The quantitative estimate of drug-likeness (QED) is 0.451. The highest BCUT2D eigenvalue weighted by Gasteiger charge is 2.11. The predicted molar refractivity (Wildman–Crippen MR) is 34.4 cm³/mol. The summed E-state index contributed by atoms with van der Waals surface area (Å²) in [6.07, 6.45) is -0.390. The summed E-state index contributed by atoms with van der Waals surface area (Å²) < 4.78 is 10.4. The van der Waals surface area contributed by atoms with Crippen molar-refractivity contribution in [3.05, 3.63) is 0 Å². The van der Waals surface area contributed by atoms with Crippen molar-refractivity contribution in [2.45, 2.75) is 6.42 Å². The Labute approximate surface area is 57.7 Å². The maximum atomic E-state index is 10.4. The van der Waals surface area contributed by atoms with Gasteiger partial charge < -0.3 is 0 Å². The Morgan fingerprint density at radius 1 is 1.70 bits per heavy atom. The highest BCUT2D eigenvalue weighted by atomic mass is 31.2. The summed E-state index contributed by atoms with van der Waals surface area (Å²) in [5.74, 6) is -0.726. The summed E-state index contributed by atoms with van der Waals surface area (Å²) in [6.45, 7) is 0. The van der Waals surface area contributed by atoms with Gasteiger partial charge in [-0.3, -0.25) is 25.5 Å². The Bertz CT molecular complexity index is 213. The fraction of sp³-hybridized carbons (Fsp3) is 0.333. The van der Waals surface area contributed by atoms with Crippen molar-refractivity contribution in [3.8, 4) is 6.07 Å². The average molecular weight is 162 g/mol. The second kappa shape index (κ2) is 3.32. The zero-order chi connectivity index (χ0) is 8.20. The molecule has 6 nitrogen and oxygen atoms in total. The fourth-order valence-corrected chi connectivity index (χ4v) is 0.775. The molecule has 56 valence electrons. The van der Waals surface area contributed by atoms with E-state index in [1.165, 1.54) is 0 Å². The molecule has 0 spiro atoms. The lowest BCUT2D eigenvalue weighted by Gasteiger charge is -2.05. The lowest BCUT2D eigenvalue weighted by atomic mass is 10.5. The van der Waals surface area contributed by atoms with E-state index in [4.69, 9.17) is 16.3 Å². The van der Waals surface area contributed by atoms with Crippen molar-refractivity contribution in [1.82, 2.24) is 5.09 Å². The number of carbonyl (C=O) groups excluding carboxylic acids is 1.